The summed E-state index contributed by atoms with van der Waals surface area (Å²) < 4.78 is 36.7. The van der Waals surface area contributed by atoms with Crippen molar-refractivity contribution >= 4 is 12.0 Å². The first-order chi connectivity index (χ1) is 9.28. The summed E-state index contributed by atoms with van der Waals surface area (Å²) in [7, 11) is 0. The number of rotatable bonds is 8. The molecular weight excluding hydrogens is 279 g/mol. The second-order valence-electron chi connectivity index (χ2n) is 4.68. The molecule has 1 saturated carbocycles. The molecule has 1 aliphatic rings. The minimum atomic E-state index is -4.62. The van der Waals surface area contributed by atoms with Crippen LogP contribution in [0.3, 0.4) is 0 Å². The van der Waals surface area contributed by atoms with E-state index in [2.05, 4.69) is 10.6 Å². The van der Waals surface area contributed by atoms with E-state index in [9.17, 15) is 22.8 Å². The fourth-order valence-electron chi connectivity index (χ4n) is 1.57. The number of alkyl halides is 3. The van der Waals surface area contributed by atoms with E-state index in [0.717, 1.165) is 12.8 Å². The van der Waals surface area contributed by atoms with Gasteiger partial charge in [0, 0.05) is 12.6 Å². The van der Waals surface area contributed by atoms with Crippen LogP contribution in [-0.4, -0.2) is 60.4 Å². The zero-order chi connectivity index (χ0) is 15.2. The van der Waals surface area contributed by atoms with Gasteiger partial charge in [0.2, 0.25) is 0 Å². The first kappa shape index (κ1) is 16.5. The molecule has 0 aromatic carbocycles. The first-order valence-corrected chi connectivity index (χ1v) is 6.32. The molecule has 0 unspecified atom stereocenters. The maximum Gasteiger partial charge on any atom is 0.406 e. The van der Waals surface area contributed by atoms with E-state index in [0.29, 0.717) is 19.0 Å². The minimum Gasteiger partial charge on any atom is -0.480 e. The SMILES string of the molecule is O=C(O)CN(CC(F)(F)F)C(=O)NCCCNC1CC1. The van der Waals surface area contributed by atoms with Crippen LogP contribution in [0.25, 0.3) is 0 Å². The van der Waals surface area contributed by atoms with Gasteiger partial charge in [-0.15, -0.1) is 0 Å². The Morgan fingerprint density at radius 1 is 1.25 bits per heavy atom. The lowest BCUT2D eigenvalue weighted by Gasteiger charge is -2.22. The van der Waals surface area contributed by atoms with Crippen molar-refractivity contribution in [2.75, 3.05) is 26.2 Å². The Hall–Kier alpha value is -1.51. The van der Waals surface area contributed by atoms with E-state index in [1.807, 2.05) is 0 Å². The smallest absolute Gasteiger partial charge is 0.406 e. The number of urea groups is 1. The lowest BCUT2D eigenvalue weighted by molar-refractivity contribution is -0.148. The van der Waals surface area contributed by atoms with E-state index < -0.39 is 31.3 Å². The largest absolute Gasteiger partial charge is 0.480 e. The molecule has 0 aromatic rings. The van der Waals surface area contributed by atoms with E-state index in [1.54, 1.807) is 0 Å². The number of amides is 2. The van der Waals surface area contributed by atoms with Gasteiger partial charge >= 0.3 is 18.2 Å². The summed E-state index contributed by atoms with van der Waals surface area (Å²) in [4.78, 5) is 22.2. The number of aliphatic carboxylic acids is 1. The molecule has 0 atom stereocenters. The molecule has 0 heterocycles. The van der Waals surface area contributed by atoms with Crippen LogP contribution in [0.1, 0.15) is 19.3 Å². The number of nitrogens with zero attached hydrogens (tertiary/aromatic N) is 1. The molecular formula is C11H18F3N3O3. The molecule has 0 bridgehead atoms. The second kappa shape index (κ2) is 7.32. The average Bonchev–Trinajstić information content (AvgIpc) is 3.08. The van der Waals surface area contributed by atoms with Gasteiger partial charge in [-0.3, -0.25) is 4.79 Å². The highest BCUT2D eigenvalue weighted by Crippen LogP contribution is 2.18. The predicted octanol–water partition coefficient (Wildman–Crippen LogP) is 0.787. The van der Waals surface area contributed by atoms with Crippen LogP contribution in [0.5, 0.6) is 0 Å². The van der Waals surface area contributed by atoms with Crippen LogP contribution in [0.4, 0.5) is 18.0 Å². The quantitative estimate of drug-likeness (QED) is 0.579. The number of carbonyl (C=O) groups is 2. The summed E-state index contributed by atoms with van der Waals surface area (Å²) in [6, 6.07) is -0.490. The Kier molecular flexibility index (Phi) is 6.05. The van der Waals surface area contributed by atoms with Crippen molar-refractivity contribution in [2.24, 2.45) is 0 Å². The summed E-state index contributed by atoms with van der Waals surface area (Å²) in [6.45, 7) is -1.69. The number of hydrogen-bond donors (Lipinski definition) is 3. The zero-order valence-corrected chi connectivity index (χ0v) is 10.9. The maximum atomic E-state index is 12.2. The van der Waals surface area contributed by atoms with Gasteiger partial charge < -0.3 is 20.6 Å². The van der Waals surface area contributed by atoms with Gasteiger partial charge in [-0.2, -0.15) is 13.2 Å². The molecule has 1 fully saturated rings. The molecule has 1 aliphatic carbocycles. The van der Waals surface area contributed by atoms with Gasteiger partial charge in [0.05, 0.1) is 0 Å². The summed E-state index contributed by atoms with van der Waals surface area (Å²) in [5, 5.41) is 14.0. The van der Waals surface area contributed by atoms with Crippen LogP contribution in [0.15, 0.2) is 0 Å². The molecule has 9 heteroatoms. The number of hydrogen-bond acceptors (Lipinski definition) is 3. The Morgan fingerprint density at radius 3 is 2.40 bits per heavy atom. The highest BCUT2D eigenvalue weighted by Gasteiger charge is 2.33. The van der Waals surface area contributed by atoms with Crippen molar-refractivity contribution in [3.63, 3.8) is 0 Å². The standard InChI is InChI=1S/C11H18F3N3O3/c12-11(13,14)7-17(6-9(18)19)10(20)16-5-1-4-15-8-2-3-8/h8,15H,1-7H2,(H,16,20)(H,18,19). The number of carbonyl (C=O) groups excluding carboxylic acids is 1. The fraction of sp³-hybridized carbons (Fsp3) is 0.818. The summed E-state index contributed by atoms with van der Waals surface area (Å²) >= 11 is 0. The van der Waals surface area contributed by atoms with Crippen molar-refractivity contribution in [2.45, 2.75) is 31.5 Å². The molecule has 0 saturated heterocycles. The summed E-state index contributed by atoms with van der Waals surface area (Å²) in [6.07, 6.45) is -1.79. The number of nitrogens with one attached hydrogen (secondary N) is 2. The van der Waals surface area contributed by atoms with Crippen molar-refractivity contribution in [1.29, 1.82) is 0 Å². The molecule has 6 nitrogen and oxygen atoms in total. The highest BCUT2D eigenvalue weighted by atomic mass is 19.4. The monoisotopic (exact) mass is 297 g/mol. The number of carboxylic acids is 1. The third kappa shape index (κ3) is 7.82. The van der Waals surface area contributed by atoms with Gasteiger partial charge in [0.1, 0.15) is 13.1 Å². The molecule has 20 heavy (non-hydrogen) atoms. The Morgan fingerprint density at radius 2 is 1.90 bits per heavy atom. The molecule has 2 amide bonds. The second-order valence-corrected chi connectivity index (χ2v) is 4.68. The van der Waals surface area contributed by atoms with Crippen molar-refractivity contribution in [3.05, 3.63) is 0 Å². The predicted molar refractivity (Wildman–Crippen MR) is 64.3 cm³/mol. The van der Waals surface area contributed by atoms with E-state index in [-0.39, 0.29) is 11.4 Å². The van der Waals surface area contributed by atoms with Crippen molar-refractivity contribution < 1.29 is 27.9 Å². The number of carboxylic acid groups (broad SMARTS) is 1. The Bertz CT molecular complexity index is 346. The van der Waals surface area contributed by atoms with Crippen LogP contribution in [-0.2, 0) is 4.79 Å². The summed E-state index contributed by atoms with van der Waals surface area (Å²) in [5.41, 5.74) is 0. The van der Waals surface area contributed by atoms with E-state index in [1.165, 1.54) is 0 Å². The average molecular weight is 297 g/mol. The topological polar surface area (TPSA) is 81.7 Å². The Labute approximate surface area is 114 Å². The normalized spacial score (nSPS) is 14.9. The van der Waals surface area contributed by atoms with Crippen LogP contribution in [0.2, 0.25) is 0 Å². The van der Waals surface area contributed by atoms with Gasteiger partial charge in [-0.25, -0.2) is 4.79 Å². The molecule has 0 aromatic heterocycles. The first-order valence-electron chi connectivity index (χ1n) is 6.32. The van der Waals surface area contributed by atoms with E-state index in [4.69, 9.17) is 5.11 Å². The van der Waals surface area contributed by atoms with E-state index >= 15 is 0 Å². The molecule has 1 rings (SSSR count). The molecule has 0 aliphatic heterocycles. The lowest BCUT2D eigenvalue weighted by atomic mass is 10.4. The van der Waals surface area contributed by atoms with Crippen LogP contribution >= 0.6 is 0 Å². The maximum absolute atomic E-state index is 12.2. The molecule has 0 radical (unpaired) electrons. The zero-order valence-electron chi connectivity index (χ0n) is 10.9. The molecule has 0 spiro atoms. The van der Waals surface area contributed by atoms with Gasteiger partial charge in [-0.1, -0.05) is 0 Å². The fourth-order valence-corrected chi connectivity index (χ4v) is 1.57. The van der Waals surface area contributed by atoms with Gasteiger partial charge in [-0.05, 0) is 25.8 Å². The van der Waals surface area contributed by atoms with Crippen molar-refractivity contribution in [3.8, 4) is 0 Å². The molecule has 116 valence electrons. The Balaban J connectivity index is 2.27. The van der Waals surface area contributed by atoms with Gasteiger partial charge in [0.15, 0.2) is 0 Å². The third-order valence-electron chi connectivity index (χ3n) is 2.62. The van der Waals surface area contributed by atoms with Crippen molar-refractivity contribution in [1.82, 2.24) is 15.5 Å². The third-order valence-corrected chi connectivity index (χ3v) is 2.62. The van der Waals surface area contributed by atoms with Crippen LogP contribution in [0, 0.1) is 0 Å². The highest BCUT2D eigenvalue weighted by molar-refractivity contribution is 5.80. The number of halogens is 3. The minimum absolute atomic E-state index is 0.201. The van der Waals surface area contributed by atoms with Gasteiger partial charge in [0.25, 0.3) is 0 Å². The lowest BCUT2D eigenvalue weighted by Crippen LogP contribution is -2.47. The molecule has 3 N–H and O–H groups in total. The summed E-state index contributed by atoms with van der Waals surface area (Å²) in [5.74, 6) is -1.49. The van der Waals surface area contributed by atoms with Crippen LogP contribution < -0.4 is 10.6 Å².